The van der Waals surface area contributed by atoms with Gasteiger partial charge in [0.25, 0.3) is 0 Å². The summed E-state index contributed by atoms with van der Waals surface area (Å²) < 4.78 is 0. The van der Waals surface area contributed by atoms with Gasteiger partial charge in [-0.15, -0.1) is 0 Å². The molecule has 0 bridgehead atoms. The van der Waals surface area contributed by atoms with Gasteiger partial charge in [-0.2, -0.15) is 0 Å². The summed E-state index contributed by atoms with van der Waals surface area (Å²) in [4.78, 5) is 12.4. The molecule has 0 unspecified atom stereocenters. The van der Waals surface area contributed by atoms with Gasteiger partial charge in [-0.05, 0) is 12.5 Å². The van der Waals surface area contributed by atoms with Crippen molar-refractivity contribution in [2.24, 2.45) is 5.92 Å². The van der Waals surface area contributed by atoms with Crippen LogP contribution in [0.25, 0.3) is 0 Å². The van der Waals surface area contributed by atoms with E-state index in [0.29, 0.717) is 12.3 Å². The summed E-state index contributed by atoms with van der Waals surface area (Å²) in [6.45, 7) is 5.10. The molecule has 0 aromatic heterocycles. The maximum Gasteiger partial charge on any atom is 0.303 e. The number of rotatable bonds is 3. The molecule has 0 aromatic rings. The number of carboxylic acid groups (broad SMARTS) is 1. The van der Waals surface area contributed by atoms with Crippen molar-refractivity contribution in [3.05, 3.63) is 0 Å². The lowest BCUT2D eigenvalue weighted by Gasteiger charge is -2.37. The molecule has 1 fully saturated rings. The van der Waals surface area contributed by atoms with E-state index in [2.05, 4.69) is 11.8 Å². The molecule has 3 heteroatoms. The monoisotopic (exact) mass is 143 g/mol. The summed E-state index contributed by atoms with van der Waals surface area (Å²) in [7, 11) is 0. The van der Waals surface area contributed by atoms with Gasteiger partial charge in [0.15, 0.2) is 0 Å². The van der Waals surface area contributed by atoms with Gasteiger partial charge in [0.05, 0.1) is 6.42 Å². The van der Waals surface area contributed by atoms with E-state index >= 15 is 0 Å². The highest BCUT2D eigenvalue weighted by Gasteiger charge is 2.26. The normalized spacial score (nSPS) is 20.5. The van der Waals surface area contributed by atoms with Crippen molar-refractivity contribution < 1.29 is 9.90 Å². The van der Waals surface area contributed by atoms with Crippen LogP contribution >= 0.6 is 0 Å². The first-order chi connectivity index (χ1) is 4.72. The molecule has 1 N–H and O–H groups in total. The fourth-order valence-electron chi connectivity index (χ4n) is 1.31. The Hall–Kier alpha value is -0.570. The van der Waals surface area contributed by atoms with Gasteiger partial charge in [0.1, 0.15) is 0 Å². The second-order valence-electron chi connectivity index (χ2n) is 2.82. The van der Waals surface area contributed by atoms with E-state index in [9.17, 15) is 4.79 Å². The molecule has 0 radical (unpaired) electrons. The molecule has 0 spiro atoms. The van der Waals surface area contributed by atoms with Crippen LogP contribution in [0.4, 0.5) is 0 Å². The van der Waals surface area contributed by atoms with Crippen LogP contribution in [0.2, 0.25) is 0 Å². The second kappa shape index (κ2) is 3.01. The summed E-state index contributed by atoms with van der Waals surface area (Å²) in [6, 6.07) is 0. The van der Waals surface area contributed by atoms with Gasteiger partial charge in [0, 0.05) is 13.1 Å². The quantitative estimate of drug-likeness (QED) is 0.622. The number of carbonyl (C=O) groups is 1. The third kappa shape index (κ3) is 1.70. The molecule has 0 aliphatic carbocycles. The summed E-state index contributed by atoms with van der Waals surface area (Å²) >= 11 is 0. The van der Waals surface area contributed by atoms with E-state index < -0.39 is 5.97 Å². The minimum Gasteiger partial charge on any atom is -0.481 e. The zero-order valence-corrected chi connectivity index (χ0v) is 6.21. The van der Waals surface area contributed by atoms with Crippen molar-refractivity contribution >= 4 is 5.97 Å². The molecule has 1 saturated heterocycles. The average Bonchev–Trinajstić information content (AvgIpc) is 1.76. The fraction of sp³-hybridized carbons (Fsp3) is 0.857. The van der Waals surface area contributed by atoms with Crippen LogP contribution in [0.15, 0.2) is 0 Å². The Kier molecular flexibility index (Phi) is 2.27. The van der Waals surface area contributed by atoms with Crippen molar-refractivity contribution in [1.82, 2.24) is 4.90 Å². The van der Waals surface area contributed by atoms with Crippen LogP contribution in [0.5, 0.6) is 0 Å². The second-order valence-corrected chi connectivity index (χ2v) is 2.82. The first-order valence-electron chi connectivity index (χ1n) is 3.66. The Bertz CT molecular complexity index is 130. The lowest BCUT2D eigenvalue weighted by molar-refractivity contribution is -0.139. The Labute approximate surface area is 60.6 Å². The molecule has 10 heavy (non-hydrogen) atoms. The average molecular weight is 143 g/mol. The molecule has 3 nitrogen and oxygen atoms in total. The van der Waals surface area contributed by atoms with Crippen LogP contribution in [0.3, 0.4) is 0 Å². The smallest absolute Gasteiger partial charge is 0.303 e. The fourth-order valence-corrected chi connectivity index (χ4v) is 1.31. The number of nitrogens with zero attached hydrogens (tertiary/aromatic N) is 1. The molecule has 1 rings (SSSR count). The predicted octanol–water partition coefficient (Wildman–Crippen LogP) is 0.413. The van der Waals surface area contributed by atoms with E-state index in [4.69, 9.17) is 5.11 Å². The third-order valence-corrected chi connectivity index (χ3v) is 1.94. The summed E-state index contributed by atoms with van der Waals surface area (Å²) in [5, 5.41) is 8.39. The van der Waals surface area contributed by atoms with Gasteiger partial charge >= 0.3 is 5.97 Å². The Balaban J connectivity index is 2.08. The molecule has 0 atom stereocenters. The number of aliphatic carboxylic acids is 1. The highest BCUT2D eigenvalue weighted by atomic mass is 16.4. The number of carboxylic acids is 1. The minimum absolute atomic E-state index is 0.344. The van der Waals surface area contributed by atoms with Crippen molar-refractivity contribution in [1.29, 1.82) is 0 Å². The van der Waals surface area contributed by atoms with E-state index in [1.54, 1.807) is 0 Å². The summed E-state index contributed by atoms with van der Waals surface area (Å²) in [5.74, 6) is -0.252. The largest absolute Gasteiger partial charge is 0.481 e. The topological polar surface area (TPSA) is 40.5 Å². The standard InChI is InChI=1S/C7H13NO2/c1-2-8-4-6(5-8)3-7(9)10/h6H,2-5H2,1H3,(H,9,10). The van der Waals surface area contributed by atoms with Gasteiger partial charge in [0.2, 0.25) is 0 Å². The highest BCUT2D eigenvalue weighted by Crippen LogP contribution is 2.17. The number of hydrogen-bond acceptors (Lipinski definition) is 2. The molecule has 1 heterocycles. The van der Waals surface area contributed by atoms with Gasteiger partial charge in [-0.1, -0.05) is 6.92 Å². The van der Waals surface area contributed by atoms with E-state index in [-0.39, 0.29) is 0 Å². The molecule has 1 aliphatic heterocycles. The predicted molar refractivity (Wildman–Crippen MR) is 37.9 cm³/mol. The van der Waals surface area contributed by atoms with Crippen molar-refractivity contribution in [3.63, 3.8) is 0 Å². The van der Waals surface area contributed by atoms with Crippen LogP contribution in [0.1, 0.15) is 13.3 Å². The van der Waals surface area contributed by atoms with Crippen molar-refractivity contribution in [2.75, 3.05) is 19.6 Å². The molecular formula is C7H13NO2. The van der Waals surface area contributed by atoms with Gasteiger partial charge in [-0.25, -0.2) is 0 Å². The maximum absolute atomic E-state index is 10.2. The molecule has 0 aromatic carbocycles. The first-order valence-corrected chi connectivity index (χ1v) is 3.66. The summed E-state index contributed by atoms with van der Waals surface area (Å²) in [5.41, 5.74) is 0. The Morgan fingerprint density at radius 3 is 2.70 bits per heavy atom. The highest BCUT2D eigenvalue weighted by molar-refractivity contribution is 5.67. The van der Waals surface area contributed by atoms with Crippen molar-refractivity contribution in [3.8, 4) is 0 Å². The Morgan fingerprint density at radius 2 is 2.30 bits per heavy atom. The Morgan fingerprint density at radius 1 is 1.70 bits per heavy atom. The van der Waals surface area contributed by atoms with E-state index in [0.717, 1.165) is 19.6 Å². The molecule has 58 valence electrons. The number of hydrogen-bond donors (Lipinski definition) is 1. The van der Waals surface area contributed by atoms with Crippen molar-refractivity contribution in [2.45, 2.75) is 13.3 Å². The van der Waals surface area contributed by atoms with Gasteiger partial charge < -0.3 is 10.0 Å². The lowest BCUT2D eigenvalue weighted by Crippen LogP contribution is -2.46. The molecule has 0 amide bonds. The third-order valence-electron chi connectivity index (χ3n) is 1.94. The maximum atomic E-state index is 10.2. The minimum atomic E-state index is -0.666. The number of likely N-dealkylation sites (tertiary alicyclic amines) is 1. The van der Waals surface area contributed by atoms with E-state index in [1.807, 2.05) is 0 Å². The van der Waals surface area contributed by atoms with Crippen LogP contribution in [0, 0.1) is 5.92 Å². The SMILES string of the molecule is CCN1CC(CC(=O)O)C1. The zero-order valence-electron chi connectivity index (χ0n) is 6.21. The molecule has 1 aliphatic rings. The lowest BCUT2D eigenvalue weighted by atomic mass is 9.97. The summed E-state index contributed by atoms with van der Waals surface area (Å²) in [6.07, 6.45) is 0.344. The molecular weight excluding hydrogens is 130 g/mol. The van der Waals surface area contributed by atoms with Crippen LogP contribution in [-0.4, -0.2) is 35.6 Å². The van der Waals surface area contributed by atoms with E-state index in [1.165, 1.54) is 0 Å². The van der Waals surface area contributed by atoms with Crippen LogP contribution in [-0.2, 0) is 4.79 Å². The zero-order chi connectivity index (χ0) is 7.56. The first kappa shape index (κ1) is 7.54. The van der Waals surface area contributed by atoms with Gasteiger partial charge in [-0.3, -0.25) is 4.79 Å². The van der Waals surface area contributed by atoms with Crippen LogP contribution < -0.4 is 0 Å². The molecule has 0 saturated carbocycles.